The number of aromatic hydroxyl groups is 1. The summed E-state index contributed by atoms with van der Waals surface area (Å²) in [5.41, 5.74) is -0.297. The fraction of sp³-hybridized carbons (Fsp3) is 0.200. The van der Waals surface area contributed by atoms with Crippen molar-refractivity contribution in [3.63, 3.8) is 0 Å². The van der Waals surface area contributed by atoms with Crippen molar-refractivity contribution in [1.82, 2.24) is 14.8 Å². The summed E-state index contributed by atoms with van der Waals surface area (Å²) in [6.45, 7) is 1.65. The van der Waals surface area contributed by atoms with Gasteiger partial charge in [-0.15, -0.1) is 0 Å². The van der Waals surface area contributed by atoms with Crippen LogP contribution in [-0.4, -0.2) is 19.9 Å². The fourth-order valence-electron chi connectivity index (χ4n) is 1.33. The van der Waals surface area contributed by atoms with Gasteiger partial charge in [-0.2, -0.15) is 23.0 Å². The molecule has 0 saturated carbocycles. The molecule has 90 valence electrons. The molecule has 0 atom stereocenters. The zero-order valence-corrected chi connectivity index (χ0v) is 8.73. The van der Waals surface area contributed by atoms with E-state index in [0.717, 1.165) is 16.8 Å². The summed E-state index contributed by atoms with van der Waals surface area (Å²) in [6.07, 6.45) is -3.72. The second kappa shape index (κ2) is 3.76. The molecule has 0 fully saturated rings. The van der Waals surface area contributed by atoms with Crippen LogP contribution in [0.3, 0.4) is 0 Å². The first-order valence-corrected chi connectivity index (χ1v) is 4.67. The summed E-state index contributed by atoms with van der Waals surface area (Å²) in [4.78, 5) is 3.61. The molecule has 1 N–H and O–H groups in total. The van der Waals surface area contributed by atoms with E-state index in [0.29, 0.717) is 11.9 Å². The Morgan fingerprint density at radius 2 is 2.00 bits per heavy atom. The lowest BCUT2D eigenvalue weighted by atomic mass is 10.3. The minimum absolute atomic E-state index is 0.128. The van der Waals surface area contributed by atoms with Crippen molar-refractivity contribution >= 4 is 0 Å². The molecule has 0 amide bonds. The Morgan fingerprint density at radius 1 is 1.29 bits per heavy atom. The van der Waals surface area contributed by atoms with Gasteiger partial charge in [0.1, 0.15) is 0 Å². The first-order valence-electron chi connectivity index (χ1n) is 4.67. The summed E-state index contributed by atoms with van der Waals surface area (Å²) < 4.78 is 37.9. The molecule has 2 rings (SSSR count). The van der Waals surface area contributed by atoms with Gasteiger partial charge in [-0.3, -0.25) is 0 Å². The first-order chi connectivity index (χ1) is 7.88. The SMILES string of the molecule is Cc1cc(O)n(-c2ccc(C(F)(F)F)cn2)n1. The van der Waals surface area contributed by atoms with Gasteiger partial charge in [0.05, 0.1) is 11.3 Å². The average molecular weight is 243 g/mol. The first kappa shape index (κ1) is 11.4. The van der Waals surface area contributed by atoms with Crippen LogP contribution in [0.2, 0.25) is 0 Å². The van der Waals surface area contributed by atoms with Gasteiger partial charge in [0.2, 0.25) is 5.88 Å². The number of rotatable bonds is 1. The van der Waals surface area contributed by atoms with Gasteiger partial charge in [-0.25, -0.2) is 4.98 Å². The molecule has 0 aliphatic rings. The molecule has 4 nitrogen and oxygen atoms in total. The predicted molar refractivity (Wildman–Crippen MR) is 52.8 cm³/mol. The van der Waals surface area contributed by atoms with Gasteiger partial charge in [-0.05, 0) is 19.1 Å². The summed E-state index contributed by atoms with van der Waals surface area (Å²) in [5, 5.41) is 13.3. The van der Waals surface area contributed by atoms with Crippen LogP contribution in [0.4, 0.5) is 13.2 Å². The molecule has 0 radical (unpaired) electrons. The second-order valence-electron chi connectivity index (χ2n) is 3.46. The van der Waals surface area contributed by atoms with Gasteiger partial charge in [0, 0.05) is 12.3 Å². The molecule has 2 heterocycles. The Balaban J connectivity index is 2.39. The van der Waals surface area contributed by atoms with Crippen LogP contribution in [0.5, 0.6) is 5.88 Å². The van der Waals surface area contributed by atoms with Crippen molar-refractivity contribution in [2.45, 2.75) is 13.1 Å². The van der Waals surface area contributed by atoms with E-state index in [1.165, 1.54) is 6.07 Å². The zero-order chi connectivity index (χ0) is 12.6. The van der Waals surface area contributed by atoms with E-state index >= 15 is 0 Å². The number of aromatic nitrogens is 3. The number of alkyl halides is 3. The number of nitrogens with zero attached hydrogens (tertiary/aromatic N) is 3. The van der Waals surface area contributed by atoms with Crippen LogP contribution in [0.15, 0.2) is 24.4 Å². The van der Waals surface area contributed by atoms with E-state index in [1.807, 2.05) is 0 Å². The molecule has 0 aliphatic heterocycles. The molecule has 2 aromatic heterocycles. The number of hydrogen-bond acceptors (Lipinski definition) is 3. The van der Waals surface area contributed by atoms with Gasteiger partial charge in [-0.1, -0.05) is 0 Å². The third-order valence-electron chi connectivity index (χ3n) is 2.10. The number of halogens is 3. The van der Waals surface area contributed by atoms with E-state index in [9.17, 15) is 18.3 Å². The van der Waals surface area contributed by atoms with Gasteiger partial charge in [0.25, 0.3) is 0 Å². The maximum absolute atomic E-state index is 12.3. The topological polar surface area (TPSA) is 50.9 Å². The van der Waals surface area contributed by atoms with Crippen molar-refractivity contribution in [2.75, 3.05) is 0 Å². The third kappa shape index (κ3) is 2.22. The van der Waals surface area contributed by atoms with E-state index in [1.54, 1.807) is 6.92 Å². The highest BCUT2D eigenvalue weighted by atomic mass is 19.4. The van der Waals surface area contributed by atoms with E-state index in [4.69, 9.17) is 0 Å². The van der Waals surface area contributed by atoms with Crippen molar-refractivity contribution in [1.29, 1.82) is 0 Å². The van der Waals surface area contributed by atoms with Crippen LogP contribution in [0.25, 0.3) is 5.82 Å². The highest BCUT2D eigenvalue weighted by molar-refractivity contribution is 5.30. The Morgan fingerprint density at radius 3 is 2.41 bits per heavy atom. The zero-order valence-electron chi connectivity index (χ0n) is 8.73. The Kier molecular flexibility index (Phi) is 2.53. The average Bonchev–Trinajstić information content (AvgIpc) is 2.57. The smallest absolute Gasteiger partial charge is 0.417 e. The van der Waals surface area contributed by atoms with Crippen LogP contribution in [0.1, 0.15) is 11.3 Å². The van der Waals surface area contributed by atoms with E-state index in [-0.39, 0.29) is 11.7 Å². The predicted octanol–water partition coefficient (Wildman–Crippen LogP) is 2.30. The summed E-state index contributed by atoms with van der Waals surface area (Å²) in [6, 6.07) is 3.42. The second-order valence-corrected chi connectivity index (χ2v) is 3.46. The highest BCUT2D eigenvalue weighted by Crippen LogP contribution is 2.29. The minimum Gasteiger partial charge on any atom is -0.493 e. The lowest BCUT2D eigenvalue weighted by molar-refractivity contribution is -0.137. The van der Waals surface area contributed by atoms with Crippen molar-refractivity contribution in [3.05, 3.63) is 35.7 Å². The van der Waals surface area contributed by atoms with E-state index in [2.05, 4.69) is 10.1 Å². The molecule has 0 unspecified atom stereocenters. The molecule has 17 heavy (non-hydrogen) atoms. The van der Waals surface area contributed by atoms with Crippen molar-refractivity contribution in [2.24, 2.45) is 0 Å². The Hall–Kier alpha value is -2.05. The molecule has 0 bridgehead atoms. The Labute approximate surface area is 94.3 Å². The van der Waals surface area contributed by atoms with Crippen LogP contribution in [0, 0.1) is 6.92 Å². The van der Waals surface area contributed by atoms with Gasteiger partial charge < -0.3 is 5.11 Å². The van der Waals surface area contributed by atoms with Gasteiger partial charge in [0.15, 0.2) is 5.82 Å². The molecule has 0 aromatic carbocycles. The van der Waals surface area contributed by atoms with Crippen molar-refractivity contribution < 1.29 is 18.3 Å². The van der Waals surface area contributed by atoms with Crippen molar-refractivity contribution in [3.8, 4) is 11.7 Å². The lowest BCUT2D eigenvalue weighted by Gasteiger charge is -2.07. The monoisotopic (exact) mass is 243 g/mol. The summed E-state index contributed by atoms with van der Waals surface area (Å²) in [5.74, 6) is -0.0432. The third-order valence-corrected chi connectivity index (χ3v) is 2.10. The molecule has 0 saturated heterocycles. The van der Waals surface area contributed by atoms with E-state index < -0.39 is 11.7 Å². The van der Waals surface area contributed by atoms with Gasteiger partial charge >= 0.3 is 6.18 Å². The summed E-state index contributed by atoms with van der Waals surface area (Å²) >= 11 is 0. The standard InChI is InChI=1S/C10H8F3N3O/c1-6-4-9(17)16(15-6)8-3-2-7(5-14-8)10(11,12)13/h2-5,17H,1H3. The largest absolute Gasteiger partial charge is 0.493 e. The minimum atomic E-state index is -4.42. The lowest BCUT2D eigenvalue weighted by Crippen LogP contribution is -2.07. The molecular weight excluding hydrogens is 235 g/mol. The molecular formula is C10H8F3N3O. The summed E-state index contributed by atoms with van der Waals surface area (Å²) in [7, 11) is 0. The number of aryl methyl sites for hydroxylation is 1. The number of pyridine rings is 1. The maximum Gasteiger partial charge on any atom is 0.417 e. The van der Waals surface area contributed by atoms with Crippen LogP contribution in [-0.2, 0) is 6.18 Å². The number of hydrogen-bond donors (Lipinski definition) is 1. The molecule has 7 heteroatoms. The fourth-order valence-corrected chi connectivity index (χ4v) is 1.33. The Bertz CT molecular complexity index is 531. The highest BCUT2D eigenvalue weighted by Gasteiger charge is 2.30. The molecule has 2 aromatic rings. The van der Waals surface area contributed by atoms with Crippen LogP contribution >= 0.6 is 0 Å². The van der Waals surface area contributed by atoms with Crippen LogP contribution < -0.4 is 0 Å². The molecule has 0 aliphatic carbocycles. The molecule has 0 spiro atoms. The normalized spacial score (nSPS) is 11.8. The maximum atomic E-state index is 12.3. The quantitative estimate of drug-likeness (QED) is 0.836.